The Bertz CT molecular complexity index is 659. The van der Waals surface area contributed by atoms with E-state index in [0.717, 1.165) is 23.4 Å². The number of nitrogens with zero attached hydrogens (tertiary/aromatic N) is 1. The van der Waals surface area contributed by atoms with Crippen LogP contribution in [-0.2, 0) is 6.42 Å². The first-order valence-corrected chi connectivity index (χ1v) is 8.03. The van der Waals surface area contributed by atoms with Gasteiger partial charge in [-0.25, -0.2) is 0 Å². The summed E-state index contributed by atoms with van der Waals surface area (Å²) >= 11 is 1.56. The minimum absolute atomic E-state index is 0.125. The second-order valence-electron chi connectivity index (χ2n) is 5.28. The second kappa shape index (κ2) is 5.06. The summed E-state index contributed by atoms with van der Waals surface area (Å²) in [7, 11) is 1.89. The van der Waals surface area contributed by atoms with Crippen molar-refractivity contribution in [1.82, 2.24) is 0 Å². The molecule has 0 saturated heterocycles. The van der Waals surface area contributed by atoms with Gasteiger partial charge >= 0.3 is 0 Å². The third-order valence-corrected chi connectivity index (χ3v) is 5.14. The summed E-state index contributed by atoms with van der Waals surface area (Å²) < 4.78 is 0. The number of anilines is 1. The fraction of sp³-hybridized carbons (Fsp3) is 0.353. The molecule has 0 saturated carbocycles. The zero-order chi connectivity index (χ0) is 14.3. The maximum absolute atomic E-state index is 12.7. The van der Waals surface area contributed by atoms with E-state index in [-0.39, 0.29) is 5.91 Å². The number of carbonyl (C=O) groups is 1. The summed E-state index contributed by atoms with van der Waals surface area (Å²) in [4.78, 5) is 15.4. The molecule has 1 amide bonds. The fourth-order valence-electron chi connectivity index (χ4n) is 3.03. The number of hydrogen-bond donors (Lipinski definition) is 0. The van der Waals surface area contributed by atoms with Gasteiger partial charge in [0.2, 0.25) is 0 Å². The van der Waals surface area contributed by atoms with Crippen molar-refractivity contribution in [3.8, 4) is 0 Å². The van der Waals surface area contributed by atoms with Crippen LogP contribution in [0, 0.1) is 0 Å². The molecule has 104 valence electrons. The van der Waals surface area contributed by atoms with E-state index in [0.29, 0.717) is 5.92 Å². The van der Waals surface area contributed by atoms with Crippen LogP contribution in [0.4, 0.5) is 5.69 Å². The van der Waals surface area contributed by atoms with E-state index in [2.05, 4.69) is 38.1 Å². The average Bonchev–Trinajstić information content (AvgIpc) is 2.93. The highest BCUT2D eigenvalue weighted by atomic mass is 32.1. The van der Waals surface area contributed by atoms with Gasteiger partial charge in [0.05, 0.1) is 4.88 Å². The topological polar surface area (TPSA) is 20.3 Å². The minimum atomic E-state index is 0.125. The highest BCUT2D eigenvalue weighted by molar-refractivity contribution is 7.12. The van der Waals surface area contributed by atoms with Crippen molar-refractivity contribution < 1.29 is 4.79 Å². The van der Waals surface area contributed by atoms with Gasteiger partial charge in [0.25, 0.3) is 5.91 Å². The van der Waals surface area contributed by atoms with Crippen LogP contribution in [-0.4, -0.2) is 13.0 Å². The molecular formula is C17H19NOS. The number of fused-ring (bicyclic) bond motifs is 2. The second-order valence-corrected chi connectivity index (χ2v) is 6.19. The quantitative estimate of drug-likeness (QED) is 0.798. The molecule has 3 heteroatoms. The zero-order valence-corrected chi connectivity index (χ0v) is 13.0. The van der Waals surface area contributed by atoms with Crippen molar-refractivity contribution in [3.05, 3.63) is 51.2 Å². The van der Waals surface area contributed by atoms with Crippen LogP contribution in [0.2, 0.25) is 0 Å². The van der Waals surface area contributed by atoms with Gasteiger partial charge in [-0.15, -0.1) is 11.3 Å². The molecular weight excluding hydrogens is 266 g/mol. The molecule has 0 aliphatic carbocycles. The Balaban J connectivity index is 2.26. The first kappa shape index (κ1) is 13.4. The Hall–Kier alpha value is -1.61. The smallest absolute Gasteiger partial charge is 0.268 e. The largest absolute Gasteiger partial charge is 0.310 e. The van der Waals surface area contributed by atoms with Crippen LogP contribution in [0.25, 0.3) is 0 Å². The fourth-order valence-corrected chi connectivity index (χ4v) is 3.97. The van der Waals surface area contributed by atoms with Gasteiger partial charge in [0.1, 0.15) is 0 Å². The molecule has 2 heterocycles. The van der Waals surface area contributed by atoms with Crippen LogP contribution >= 0.6 is 11.3 Å². The summed E-state index contributed by atoms with van der Waals surface area (Å²) in [6.45, 7) is 4.34. The number of amides is 1. The van der Waals surface area contributed by atoms with Crippen molar-refractivity contribution in [2.75, 3.05) is 11.9 Å². The van der Waals surface area contributed by atoms with Gasteiger partial charge in [0.15, 0.2) is 0 Å². The lowest BCUT2D eigenvalue weighted by atomic mass is 9.88. The summed E-state index contributed by atoms with van der Waals surface area (Å²) in [5.74, 6) is 0.450. The van der Waals surface area contributed by atoms with E-state index in [1.807, 2.05) is 17.3 Å². The van der Waals surface area contributed by atoms with Gasteiger partial charge < -0.3 is 4.90 Å². The number of aryl methyl sites for hydroxylation is 1. The maximum Gasteiger partial charge on any atom is 0.268 e. The minimum Gasteiger partial charge on any atom is -0.310 e. The summed E-state index contributed by atoms with van der Waals surface area (Å²) in [6.07, 6.45) is 2.01. The van der Waals surface area contributed by atoms with Crippen molar-refractivity contribution in [2.24, 2.45) is 0 Å². The van der Waals surface area contributed by atoms with Crippen LogP contribution in [0.15, 0.2) is 29.6 Å². The molecule has 1 atom stereocenters. The van der Waals surface area contributed by atoms with Gasteiger partial charge in [-0.05, 0) is 47.0 Å². The summed E-state index contributed by atoms with van der Waals surface area (Å²) in [6, 6.07) is 8.69. The summed E-state index contributed by atoms with van der Waals surface area (Å²) in [5.41, 5.74) is 4.82. The molecule has 2 aromatic rings. The van der Waals surface area contributed by atoms with Crippen molar-refractivity contribution in [2.45, 2.75) is 32.6 Å². The predicted octanol–water partition coefficient (Wildman–Crippen LogP) is 4.44. The van der Waals surface area contributed by atoms with Gasteiger partial charge in [0, 0.05) is 18.7 Å². The highest BCUT2D eigenvalue weighted by Gasteiger charge is 2.30. The Morgan fingerprint density at radius 2 is 2.00 bits per heavy atom. The molecule has 0 spiro atoms. The van der Waals surface area contributed by atoms with Crippen LogP contribution < -0.4 is 4.90 Å². The van der Waals surface area contributed by atoms with E-state index >= 15 is 0 Å². The number of hydrogen-bond acceptors (Lipinski definition) is 2. The molecule has 3 rings (SSSR count). The predicted molar refractivity (Wildman–Crippen MR) is 85.0 cm³/mol. The lowest BCUT2D eigenvalue weighted by Gasteiger charge is -2.21. The Kier molecular flexibility index (Phi) is 3.38. The third-order valence-electron chi connectivity index (χ3n) is 4.22. The number of benzene rings is 1. The monoisotopic (exact) mass is 285 g/mol. The van der Waals surface area contributed by atoms with E-state index in [4.69, 9.17) is 0 Å². The standard InChI is InChI=1S/C17H19NOS/c1-4-11-6-7-13-12(5-2)14-8-9-20-16(14)17(19)18(3)15(13)10-11/h6-10,12H,4-5H2,1-3H3. The van der Waals surface area contributed by atoms with Gasteiger partial charge in [-0.1, -0.05) is 26.0 Å². The van der Waals surface area contributed by atoms with Crippen LogP contribution in [0.1, 0.15) is 52.5 Å². The highest BCUT2D eigenvalue weighted by Crippen LogP contribution is 2.41. The summed E-state index contributed by atoms with van der Waals surface area (Å²) in [5, 5.41) is 2.03. The molecule has 0 fully saturated rings. The third kappa shape index (κ3) is 1.88. The number of carbonyl (C=O) groups excluding carboxylic acids is 1. The number of thiophene rings is 1. The Labute approximate surface area is 124 Å². The molecule has 0 N–H and O–H groups in total. The van der Waals surface area contributed by atoms with Gasteiger partial charge in [-0.2, -0.15) is 0 Å². The normalized spacial score (nSPS) is 17.6. The van der Waals surface area contributed by atoms with Crippen molar-refractivity contribution >= 4 is 22.9 Å². The molecule has 0 radical (unpaired) electrons. The van der Waals surface area contributed by atoms with E-state index < -0.39 is 0 Å². The average molecular weight is 285 g/mol. The van der Waals surface area contributed by atoms with E-state index in [9.17, 15) is 4.79 Å². The molecule has 2 nitrogen and oxygen atoms in total. The lowest BCUT2D eigenvalue weighted by molar-refractivity contribution is 0.0997. The first-order chi connectivity index (χ1) is 9.67. The zero-order valence-electron chi connectivity index (χ0n) is 12.1. The maximum atomic E-state index is 12.7. The SMILES string of the molecule is CCc1ccc2c(c1)N(C)C(=O)c1sccc1C2CC. The number of rotatable bonds is 2. The molecule has 1 aliphatic heterocycles. The molecule has 1 aromatic heterocycles. The molecule has 20 heavy (non-hydrogen) atoms. The first-order valence-electron chi connectivity index (χ1n) is 7.15. The lowest BCUT2D eigenvalue weighted by Crippen LogP contribution is -2.25. The van der Waals surface area contributed by atoms with Crippen LogP contribution in [0.5, 0.6) is 0 Å². The van der Waals surface area contributed by atoms with E-state index in [1.165, 1.54) is 16.7 Å². The van der Waals surface area contributed by atoms with Crippen molar-refractivity contribution in [1.29, 1.82) is 0 Å². The molecule has 1 unspecified atom stereocenters. The molecule has 1 aromatic carbocycles. The molecule has 1 aliphatic rings. The Morgan fingerprint density at radius 3 is 2.70 bits per heavy atom. The van der Waals surface area contributed by atoms with Gasteiger partial charge in [-0.3, -0.25) is 4.79 Å². The van der Waals surface area contributed by atoms with E-state index in [1.54, 1.807) is 11.3 Å². The molecule has 0 bridgehead atoms. The van der Waals surface area contributed by atoms with Crippen LogP contribution in [0.3, 0.4) is 0 Å². The van der Waals surface area contributed by atoms with Crippen molar-refractivity contribution in [3.63, 3.8) is 0 Å². The Morgan fingerprint density at radius 1 is 1.20 bits per heavy atom.